The van der Waals surface area contributed by atoms with E-state index in [2.05, 4.69) is 10.1 Å². The predicted octanol–water partition coefficient (Wildman–Crippen LogP) is 0.845. The molecule has 0 bridgehead atoms. The second-order valence-electron chi connectivity index (χ2n) is 4.87. The average Bonchev–Trinajstić information content (AvgIpc) is 2.82. The molecule has 0 spiro atoms. The van der Waals surface area contributed by atoms with Gasteiger partial charge in [0, 0.05) is 24.8 Å². The molecule has 1 aromatic heterocycles. The summed E-state index contributed by atoms with van der Waals surface area (Å²) in [6.45, 7) is 3.81. The van der Waals surface area contributed by atoms with E-state index in [9.17, 15) is 17.1 Å². The molecule has 9 heteroatoms. The van der Waals surface area contributed by atoms with Gasteiger partial charge in [-0.25, -0.2) is 0 Å². The third-order valence-electron chi connectivity index (χ3n) is 2.81. The van der Waals surface area contributed by atoms with E-state index in [1.807, 2.05) is 13.8 Å². The van der Waals surface area contributed by atoms with Crippen LogP contribution >= 0.6 is 0 Å². The standard InChI is InChI=1S/C10H14FN3O4S/c1-6(2)9-12-10(13-18-9)14-4-7(3-8(14)15)5-19(11,16)17/h6-7H,3-5H2,1-2H3. The highest BCUT2D eigenvalue weighted by Crippen LogP contribution is 2.25. The molecule has 7 nitrogen and oxygen atoms in total. The smallest absolute Gasteiger partial charge is 0.302 e. The molecular formula is C10H14FN3O4S. The summed E-state index contributed by atoms with van der Waals surface area (Å²) >= 11 is 0. The summed E-state index contributed by atoms with van der Waals surface area (Å²) in [4.78, 5) is 17.0. The predicted molar refractivity (Wildman–Crippen MR) is 63.7 cm³/mol. The van der Waals surface area contributed by atoms with Crippen LogP contribution in [-0.2, 0) is 15.0 Å². The van der Waals surface area contributed by atoms with Crippen molar-refractivity contribution in [1.82, 2.24) is 10.1 Å². The first-order chi connectivity index (χ1) is 8.76. The van der Waals surface area contributed by atoms with Gasteiger partial charge in [-0.3, -0.25) is 9.69 Å². The summed E-state index contributed by atoms with van der Waals surface area (Å²) in [6, 6.07) is 0. The van der Waals surface area contributed by atoms with Crippen LogP contribution in [0.1, 0.15) is 32.1 Å². The number of rotatable bonds is 4. The van der Waals surface area contributed by atoms with Crippen LogP contribution in [0, 0.1) is 5.92 Å². The molecule has 0 aliphatic carbocycles. The number of hydrogen-bond acceptors (Lipinski definition) is 6. The van der Waals surface area contributed by atoms with E-state index in [1.165, 1.54) is 4.90 Å². The van der Waals surface area contributed by atoms with Crippen LogP contribution < -0.4 is 4.90 Å². The Balaban J connectivity index is 2.11. The molecule has 0 aromatic carbocycles. The summed E-state index contributed by atoms with van der Waals surface area (Å²) in [5.74, 6) is -1.05. The van der Waals surface area contributed by atoms with E-state index in [0.717, 1.165) is 0 Å². The fourth-order valence-corrected chi connectivity index (χ4v) is 2.73. The van der Waals surface area contributed by atoms with Crippen molar-refractivity contribution in [1.29, 1.82) is 0 Å². The minimum atomic E-state index is -4.59. The molecule has 2 rings (SSSR count). The first-order valence-electron chi connectivity index (χ1n) is 5.82. The molecule has 0 N–H and O–H groups in total. The molecule has 1 aromatic rings. The van der Waals surface area contributed by atoms with Crippen LogP contribution in [0.3, 0.4) is 0 Å². The van der Waals surface area contributed by atoms with Gasteiger partial charge in [0.25, 0.3) is 5.95 Å². The Labute approximate surface area is 110 Å². The number of aromatic nitrogens is 2. The van der Waals surface area contributed by atoms with E-state index in [1.54, 1.807) is 0 Å². The number of nitrogens with zero attached hydrogens (tertiary/aromatic N) is 3. The maximum atomic E-state index is 12.6. The molecule has 2 heterocycles. The number of anilines is 1. The topological polar surface area (TPSA) is 93.4 Å². The Hall–Kier alpha value is -1.51. The zero-order valence-electron chi connectivity index (χ0n) is 10.5. The molecule has 1 aliphatic heterocycles. The molecule has 106 valence electrons. The summed E-state index contributed by atoms with van der Waals surface area (Å²) in [5.41, 5.74) is 0. The maximum absolute atomic E-state index is 12.6. The minimum Gasteiger partial charge on any atom is -0.337 e. The van der Waals surface area contributed by atoms with E-state index >= 15 is 0 Å². The van der Waals surface area contributed by atoms with Gasteiger partial charge in [-0.2, -0.15) is 13.4 Å². The molecular weight excluding hydrogens is 277 g/mol. The molecule has 1 saturated heterocycles. The first kappa shape index (κ1) is 13.9. The van der Waals surface area contributed by atoms with E-state index in [4.69, 9.17) is 4.52 Å². The van der Waals surface area contributed by atoms with Crippen molar-refractivity contribution in [2.75, 3.05) is 17.2 Å². The van der Waals surface area contributed by atoms with E-state index < -0.39 is 21.9 Å². The van der Waals surface area contributed by atoms with Crippen molar-refractivity contribution >= 4 is 22.1 Å². The van der Waals surface area contributed by atoms with Crippen molar-refractivity contribution in [2.24, 2.45) is 5.92 Å². The van der Waals surface area contributed by atoms with Crippen molar-refractivity contribution in [2.45, 2.75) is 26.2 Å². The van der Waals surface area contributed by atoms with Gasteiger partial charge in [-0.15, -0.1) is 3.89 Å². The summed E-state index contributed by atoms with van der Waals surface area (Å²) in [6.07, 6.45) is -0.0330. The maximum Gasteiger partial charge on any atom is 0.302 e. The first-order valence-corrected chi connectivity index (χ1v) is 7.38. The van der Waals surface area contributed by atoms with Crippen molar-refractivity contribution in [3.63, 3.8) is 0 Å². The third-order valence-corrected chi connectivity index (χ3v) is 3.68. The van der Waals surface area contributed by atoms with E-state index in [-0.39, 0.29) is 30.7 Å². The molecule has 1 fully saturated rings. The van der Waals surface area contributed by atoms with Crippen LogP contribution in [0.15, 0.2) is 4.52 Å². The molecule has 1 aliphatic rings. The lowest BCUT2D eigenvalue weighted by Gasteiger charge is -2.10. The number of carbonyl (C=O) groups excluding carboxylic acids is 1. The normalized spacial score (nSPS) is 20.5. The highest BCUT2D eigenvalue weighted by atomic mass is 32.3. The van der Waals surface area contributed by atoms with Gasteiger partial charge < -0.3 is 4.52 Å². The summed E-state index contributed by atoms with van der Waals surface area (Å²) in [5, 5.41) is 3.68. The summed E-state index contributed by atoms with van der Waals surface area (Å²) in [7, 11) is -4.59. The number of hydrogen-bond donors (Lipinski definition) is 0. The molecule has 19 heavy (non-hydrogen) atoms. The van der Waals surface area contributed by atoms with Gasteiger partial charge in [-0.05, 0) is 5.16 Å². The Morgan fingerprint density at radius 1 is 1.53 bits per heavy atom. The Kier molecular flexibility index (Phi) is 3.57. The molecule has 1 unspecified atom stereocenters. The lowest BCUT2D eigenvalue weighted by molar-refractivity contribution is -0.117. The third kappa shape index (κ3) is 3.28. The Morgan fingerprint density at radius 3 is 2.74 bits per heavy atom. The lowest BCUT2D eigenvalue weighted by Crippen LogP contribution is -2.26. The van der Waals surface area contributed by atoms with Gasteiger partial charge in [0.1, 0.15) is 0 Å². The van der Waals surface area contributed by atoms with Gasteiger partial charge >= 0.3 is 10.2 Å². The Bertz CT molecular complexity index is 583. The van der Waals surface area contributed by atoms with Crippen molar-refractivity contribution in [3.8, 4) is 0 Å². The van der Waals surface area contributed by atoms with Gasteiger partial charge in [0.2, 0.25) is 11.8 Å². The highest BCUT2D eigenvalue weighted by Gasteiger charge is 2.36. The largest absolute Gasteiger partial charge is 0.337 e. The molecule has 1 atom stereocenters. The number of amides is 1. The zero-order valence-corrected chi connectivity index (χ0v) is 11.4. The van der Waals surface area contributed by atoms with Crippen molar-refractivity contribution < 1.29 is 21.6 Å². The fourth-order valence-electron chi connectivity index (χ4n) is 1.94. The van der Waals surface area contributed by atoms with Gasteiger partial charge in [0.15, 0.2) is 0 Å². The SMILES string of the molecule is CC(C)c1nc(N2CC(CS(=O)(=O)F)CC2=O)no1. The fraction of sp³-hybridized carbons (Fsp3) is 0.700. The van der Waals surface area contributed by atoms with E-state index in [0.29, 0.717) is 5.89 Å². The number of carbonyl (C=O) groups is 1. The van der Waals surface area contributed by atoms with Crippen LogP contribution in [0.25, 0.3) is 0 Å². The summed E-state index contributed by atoms with van der Waals surface area (Å²) < 4.78 is 38.7. The minimum absolute atomic E-state index is 0.0287. The van der Waals surface area contributed by atoms with Crippen LogP contribution in [-0.4, -0.2) is 36.8 Å². The van der Waals surface area contributed by atoms with Gasteiger partial charge in [-0.1, -0.05) is 13.8 Å². The highest BCUT2D eigenvalue weighted by molar-refractivity contribution is 7.86. The quantitative estimate of drug-likeness (QED) is 0.763. The van der Waals surface area contributed by atoms with Crippen LogP contribution in [0.4, 0.5) is 9.83 Å². The molecule has 1 amide bonds. The van der Waals surface area contributed by atoms with Crippen LogP contribution in [0.2, 0.25) is 0 Å². The second kappa shape index (κ2) is 4.87. The molecule has 0 radical (unpaired) electrons. The molecule has 0 saturated carbocycles. The lowest BCUT2D eigenvalue weighted by atomic mass is 10.1. The zero-order chi connectivity index (χ0) is 14.2. The number of halogens is 1. The van der Waals surface area contributed by atoms with Crippen LogP contribution in [0.5, 0.6) is 0 Å². The second-order valence-corrected chi connectivity index (χ2v) is 6.28. The van der Waals surface area contributed by atoms with Crippen molar-refractivity contribution in [3.05, 3.63) is 5.89 Å². The Morgan fingerprint density at radius 2 is 2.21 bits per heavy atom. The average molecular weight is 291 g/mol. The van der Waals surface area contributed by atoms with Gasteiger partial charge in [0.05, 0.1) is 5.75 Å². The monoisotopic (exact) mass is 291 g/mol.